The van der Waals surface area contributed by atoms with Crippen LogP contribution in [0.25, 0.3) is 27.1 Å². The molecule has 51 heavy (non-hydrogen) atoms. The van der Waals surface area contributed by atoms with Crippen molar-refractivity contribution in [3.8, 4) is 0 Å². The summed E-state index contributed by atoms with van der Waals surface area (Å²) < 4.78 is 33.2. The molecular weight excluding hydrogens is 682 g/mol. The number of anilines is 1. The lowest BCUT2D eigenvalue weighted by Gasteiger charge is -2.25. The second kappa shape index (κ2) is 12.3. The van der Waals surface area contributed by atoms with E-state index in [0.717, 1.165) is 73.9 Å². The molecule has 4 aromatic carbocycles. The Hall–Kier alpha value is -4.47. The van der Waals surface area contributed by atoms with Gasteiger partial charge in [0.15, 0.2) is 0 Å². The molecule has 0 saturated carbocycles. The highest BCUT2D eigenvalue weighted by molar-refractivity contribution is 7.85. The Morgan fingerprint density at radius 2 is 1.57 bits per heavy atom. The van der Waals surface area contributed by atoms with Crippen LogP contribution in [-0.2, 0) is 25.8 Å². The number of carbonyl (C=O) groups excluding carboxylic acids is 1. The van der Waals surface area contributed by atoms with Crippen molar-refractivity contribution in [1.29, 1.82) is 0 Å². The summed E-state index contributed by atoms with van der Waals surface area (Å²) in [6.45, 7) is 10.9. The number of likely N-dealkylation sites (N-methyl/N-ethyl adjacent to an activating group) is 1. The van der Waals surface area contributed by atoms with E-state index in [1.54, 1.807) is 18.2 Å². The SMILES string of the molecule is CC1=C(/C=C/C2=C(Cl)C(=C/C=C3/N(C)c4ccc5cc(S(=O)(=O)O)ccc5c4C3(C)C)CCC2)C(C)(C)c2c1ccc1cc(C(=O)OO)ccc21. The van der Waals surface area contributed by atoms with Crippen molar-refractivity contribution >= 4 is 60.5 Å². The molecule has 2 N–H and O–H groups in total. The van der Waals surface area contributed by atoms with Gasteiger partial charge < -0.3 is 4.90 Å². The maximum atomic E-state index is 11.9. The number of allylic oxidation sites excluding steroid dienone is 10. The van der Waals surface area contributed by atoms with Gasteiger partial charge in [0.05, 0.1) is 10.5 Å². The summed E-state index contributed by atoms with van der Waals surface area (Å²) in [7, 11) is -2.26. The lowest BCUT2D eigenvalue weighted by atomic mass is 9.78. The van der Waals surface area contributed by atoms with E-state index in [-0.39, 0.29) is 15.7 Å². The van der Waals surface area contributed by atoms with Crippen LogP contribution in [0.3, 0.4) is 0 Å². The van der Waals surface area contributed by atoms with E-state index in [9.17, 15) is 17.8 Å². The molecule has 0 unspecified atom stereocenters. The van der Waals surface area contributed by atoms with Crippen LogP contribution in [0, 0.1) is 0 Å². The number of benzene rings is 4. The van der Waals surface area contributed by atoms with Crippen molar-refractivity contribution in [2.45, 2.75) is 69.6 Å². The van der Waals surface area contributed by atoms with Crippen LogP contribution in [0.2, 0.25) is 0 Å². The third-order valence-electron chi connectivity index (χ3n) is 11.0. The molecule has 0 fully saturated rings. The van der Waals surface area contributed by atoms with Crippen LogP contribution in [-0.4, -0.2) is 31.2 Å². The smallest absolute Gasteiger partial charge is 0.347 e. The minimum Gasteiger partial charge on any atom is -0.347 e. The summed E-state index contributed by atoms with van der Waals surface area (Å²) >= 11 is 7.15. The van der Waals surface area contributed by atoms with Crippen LogP contribution in [0.15, 0.2) is 117 Å². The van der Waals surface area contributed by atoms with E-state index < -0.39 is 16.1 Å². The molecule has 262 valence electrons. The zero-order chi connectivity index (χ0) is 36.6. The largest absolute Gasteiger partial charge is 0.372 e. The Bertz CT molecular complexity index is 2460. The predicted octanol–water partition coefficient (Wildman–Crippen LogP) is 10.4. The van der Waals surface area contributed by atoms with Crippen LogP contribution in [0.1, 0.15) is 80.9 Å². The fourth-order valence-corrected chi connectivity index (χ4v) is 9.37. The highest BCUT2D eigenvalue weighted by Gasteiger charge is 2.40. The lowest BCUT2D eigenvalue weighted by Crippen LogP contribution is -2.22. The van der Waals surface area contributed by atoms with E-state index in [2.05, 4.69) is 74.8 Å². The van der Waals surface area contributed by atoms with Gasteiger partial charge >= 0.3 is 5.97 Å². The quantitative estimate of drug-likeness (QED) is 0.120. The Balaban J connectivity index is 1.20. The summed E-state index contributed by atoms with van der Waals surface area (Å²) in [6.07, 6.45) is 11.4. The van der Waals surface area contributed by atoms with Crippen LogP contribution >= 0.6 is 11.6 Å². The third kappa shape index (κ3) is 5.65. The van der Waals surface area contributed by atoms with Crippen LogP contribution in [0.5, 0.6) is 0 Å². The number of hydrogen-bond acceptors (Lipinski definition) is 6. The fourth-order valence-electron chi connectivity index (χ4n) is 8.54. The second-order valence-electron chi connectivity index (χ2n) is 14.7. The normalized spacial score (nSPS) is 20.0. The van der Waals surface area contributed by atoms with Gasteiger partial charge in [-0.25, -0.2) is 4.79 Å². The van der Waals surface area contributed by atoms with Gasteiger partial charge in [0.1, 0.15) is 0 Å². The summed E-state index contributed by atoms with van der Waals surface area (Å²) in [5, 5.41) is 13.3. The Morgan fingerprint density at radius 3 is 2.29 bits per heavy atom. The van der Waals surface area contributed by atoms with Gasteiger partial charge in [-0.3, -0.25) is 9.44 Å². The molecule has 7 rings (SSSR count). The van der Waals surface area contributed by atoms with Gasteiger partial charge in [0.2, 0.25) is 0 Å². The molecule has 1 heterocycles. The molecule has 2 aliphatic carbocycles. The van der Waals surface area contributed by atoms with Gasteiger partial charge in [-0.1, -0.05) is 87.9 Å². The van der Waals surface area contributed by atoms with Crippen molar-refractivity contribution in [3.63, 3.8) is 0 Å². The Morgan fingerprint density at radius 1 is 0.882 bits per heavy atom. The average Bonchev–Trinajstić information content (AvgIpc) is 3.42. The first-order valence-electron chi connectivity index (χ1n) is 17.0. The van der Waals surface area contributed by atoms with Crippen LogP contribution in [0.4, 0.5) is 5.69 Å². The molecule has 1 aliphatic heterocycles. The first-order valence-corrected chi connectivity index (χ1v) is 18.8. The number of hydrogen-bond donors (Lipinski definition) is 2. The fraction of sp³-hybridized carbons (Fsp3) is 0.262. The highest BCUT2D eigenvalue weighted by Crippen LogP contribution is 2.51. The van der Waals surface area contributed by atoms with Crippen molar-refractivity contribution in [1.82, 2.24) is 0 Å². The molecule has 7 nitrogen and oxygen atoms in total. The van der Waals surface area contributed by atoms with Crippen molar-refractivity contribution in [2.24, 2.45) is 0 Å². The van der Waals surface area contributed by atoms with Gasteiger partial charge in [-0.15, -0.1) is 0 Å². The van der Waals surface area contributed by atoms with Crippen molar-refractivity contribution in [3.05, 3.63) is 135 Å². The number of carbonyl (C=O) groups is 1. The van der Waals surface area contributed by atoms with E-state index in [1.165, 1.54) is 34.4 Å². The molecule has 9 heteroatoms. The maximum absolute atomic E-state index is 11.9. The first-order chi connectivity index (χ1) is 24.0. The summed E-state index contributed by atoms with van der Waals surface area (Å²) in [5.74, 6) is -0.784. The molecule has 0 aromatic heterocycles. The molecule has 0 atom stereocenters. The standard InChI is InChI=1S/C42H40ClNO6S/c1-24-31-16-10-27-22-29(40(45)50-46)11-17-32(27)37(31)41(2,3)34(24)19-12-25-8-7-9-26(39(25)43)14-21-36-42(4,5)38-33-18-15-30(51(47,48)49)23-28(33)13-20-35(38)44(36)6/h10-23,46H,7-9H2,1-6H3,(H,47,48,49)/b19-12+,26-14?,36-21+. The maximum Gasteiger partial charge on any atom is 0.372 e. The number of fused-ring (bicyclic) bond motifs is 6. The second-order valence-corrected chi connectivity index (χ2v) is 16.5. The number of rotatable bonds is 5. The Kier molecular flexibility index (Phi) is 8.46. The summed E-state index contributed by atoms with van der Waals surface area (Å²) in [4.78, 5) is 18.0. The van der Waals surface area contributed by atoms with E-state index in [0.29, 0.717) is 5.56 Å². The topological polar surface area (TPSA) is 104 Å². The zero-order valence-corrected chi connectivity index (χ0v) is 31.0. The third-order valence-corrected chi connectivity index (χ3v) is 12.4. The molecule has 3 aliphatic rings. The van der Waals surface area contributed by atoms with E-state index >= 15 is 0 Å². The van der Waals surface area contributed by atoms with Gasteiger partial charge in [0, 0.05) is 34.3 Å². The molecule has 4 aromatic rings. The van der Waals surface area contributed by atoms with Crippen molar-refractivity contribution in [2.75, 3.05) is 11.9 Å². The van der Waals surface area contributed by atoms with E-state index in [1.807, 2.05) is 31.3 Å². The summed E-state index contributed by atoms with van der Waals surface area (Å²) in [6, 6.07) is 18.1. The molecule has 0 bridgehead atoms. The van der Waals surface area contributed by atoms with E-state index in [4.69, 9.17) is 16.9 Å². The van der Waals surface area contributed by atoms with Gasteiger partial charge in [-0.05, 0) is 123 Å². The summed E-state index contributed by atoms with van der Waals surface area (Å²) in [5.41, 5.74) is 9.84. The zero-order valence-electron chi connectivity index (χ0n) is 29.5. The number of halogens is 1. The van der Waals surface area contributed by atoms with Crippen molar-refractivity contribution < 1.29 is 27.9 Å². The molecule has 0 radical (unpaired) electrons. The number of nitrogens with zero attached hydrogens (tertiary/aromatic N) is 1. The van der Waals surface area contributed by atoms with Gasteiger partial charge in [0.25, 0.3) is 10.1 Å². The lowest BCUT2D eigenvalue weighted by molar-refractivity contribution is -0.182. The predicted molar refractivity (Wildman–Crippen MR) is 205 cm³/mol. The molecule has 0 spiro atoms. The first kappa shape index (κ1) is 35.0. The molecule has 0 amide bonds. The minimum absolute atomic E-state index is 0.118. The minimum atomic E-state index is -4.31. The Labute approximate surface area is 303 Å². The average molecular weight is 722 g/mol. The monoisotopic (exact) mass is 721 g/mol. The van der Waals surface area contributed by atoms with Crippen LogP contribution < -0.4 is 4.90 Å². The highest BCUT2D eigenvalue weighted by atomic mass is 35.5. The molecule has 0 saturated heterocycles. The molecular formula is C42H40ClNO6S. The van der Waals surface area contributed by atoms with Gasteiger partial charge in [-0.2, -0.15) is 13.7 Å².